The quantitative estimate of drug-likeness (QED) is 0.695. The van der Waals surface area contributed by atoms with Crippen molar-refractivity contribution in [2.24, 2.45) is 0 Å². The Morgan fingerprint density at radius 3 is 2.68 bits per heavy atom. The van der Waals surface area contributed by atoms with Crippen molar-refractivity contribution in [1.29, 1.82) is 0 Å². The molecule has 0 bridgehead atoms. The van der Waals surface area contributed by atoms with Crippen molar-refractivity contribution in [1.82, 2.24) is 24.6 Å². The maximum atomic E-state index is 13.9. The van der Waals surface area contributed by atoms with E-state index in [4.69, 9.17) is 0 Å². The average Bonchev–Trinajstić information content (AvgIpc) is 2.81. The SMILES string of the molecule is CN(C)c1cnc(-c2cn3nccnc3n2)cc1F. The van der Waals surface area contributed by atoms with Crippen LogP contribution in [-0.2, 0) is 0 Å². The maximum absolute atomic E-state index is 13.9. The summed E-state index contributed by atoms with van der Waals surface area (Å²) in [7, 11) is 3.52. The number of halogens is 1. The average molecular weight is 258 g/mol. The number of pyridine rings is 1. The third-order valence-corrected chi connectivity index (χ3v) is 2.70. The molecule has 0 aromatic carbocycles. The summed E-state index contributed by atoms with van der Waals surface area (Å²) >= 11 is 0. The molecule has 0 fully saturated rings. The second kappa shape index (κ2) is 4.27. The highest BCUT2D eigenvalue weighted by atomic mass is 19.1. The van der Waals surface area contributed by atoms with Crippen LogP contribution >= 0.6 is 0 Å². The fourth-order valence-corrected chi connectivity index (χ4v) is 1.75. The lowest BCUT2D eigenvalue weighted by Crippen LogP contribution is -2.11. The summed E-state index contributed by atoms with van der Waals surface area (Å²) in [5.74, 6) is 0.115. The van der Waals surface area contributed by atoms with Crippen molar-refractivity contribution in [3.05, 3.63) is 36.7 Å². The molecular weight excluding hydrogens is 247 g/mol. The molecule has 0 amide bonds. The molecule has 6 nitrogen and oxygen atoms in total. The number of imidazole rings is 1. The van der Waals surface area contributed by atoms with Gasteiger partial charge in [0, 0.05) is 20.2 Å². The molecule has 7 heteroatoms. The van der Waals surface area contributed by atoms with E-state index in [1.807, 2.05) is 0 Å². The molecule has 0 saturated carbocycles. The summed E-state index contributed by atoms with van der Waals surface area (Å²) in [6.45, 7) is 0. The summed E-state index contributed by atoms with van der Waals surface area (Å²) in [6, 6.07) is 1.36. The summed E-state index contributed by atoms with van der Waals surface area (Å²) in [5.41, 5.74) is 1.43. The van der Waals surface area contributed by atoms with Gasteiger partial charge >= 0.3 is 0 Å². The third kappa shape index (κ3) is 1.99. The van der Waals surface area contributed by atoms with Gasteiger partial charge in [0.25, 0.3) is 5.78 Å². The van der Waals surface area contributed by atoms with Gasteiger partial charge in [-0.1, -0.05) is 0 Å². The van der Waals surface area contributed by atoms with E-state index in [9.17, 15) is 4.39 Å². The van der Waals surface area contributed by atoms with Gasteiger partial charge in [-0.15, -0.1) is 0 Å². The van der Waals surface area contributed by atoms with E-state index in [2.05, 4.69) is 20.1 Å². The molecule has 0 spiro atoms. The Morgan fingerprint density at radius 2 is 2.00 bits per heavy atom. The predicted molar refractivity (Wildman–Crippen MR) is 68.3 cm³/mol. The lowest BCUT2D eigenvalue weighted by atomic mass is 10.2. The standard InChI is InChI=1S/C12H11FN6/c1-18(2)11-6-15-9(5-8(11)13)10-7-19-12(17-10)14-3-4-16-19/h3-7H,1-2H3. The normalized spacial score (nSPS) is 10.9. The molecule has 96 valence electrons. The van der Waals surface area contributed by atoms with Crippen LogP contribution in [0.4, 0.5) is 10.1 Å². The van der Waals surface area contributed by atoms with Gasteiger partial charge in [-0.3, -0.25) is 4.98 Å². The molecule has 0 unspecified atom stereocenters. The number of anilines is 1. The van der Waals surface area contributed by atoms with Crippen LogP contribution in [0.1, 0.15) is 0 Å². The molecule has 19 heavy (non-hydrogen) atoms. The molecule has 3 aromatic rings. The molecule has 0 atom stereocenters. The van der Waals surface area contributed by atoms with E-state index in [1.165, 1.54) is 16.8 Å². The van der Waals surface area contributed by atoms with Gasteiger partial charge in [-0.2, -0.15) is 5.10 Å². The minimum atomic E-state index is -0.340. The van der Waals surface area contributed by atoms with Gasteiger partial charge in [0.05, 0.1) is 36.2 Å². The van der Waals surface area contributed by atoms with E-state index in [0.717, 1.165) is 0 Å². The van der Waals surface area contributed by atoms with E-state index < -0.39 is 0 Å². The first kappa shape index (κ1) is 11.5. The number of nitrogens with zero attached hydrogens (tertiary/aromatic N) is 6. The molecular formula is C12H11FN6. The monoisotopic (exact) mass is 258 g/mol. The van der Waals surface area contributed by atoms with E-state index in [0.29, 0.717) is 22.9 Å². The van der Waals surface area contributed by atoms with Crippen LogP contribution in [-0.4, -0.2) is 38.7 Å². The molecule has 0 radical (unpaired) electrons. The third-order valence-electron chi connectivity index (χ3n) is 2.70. The second-order valence-corrected chi connectivity index (χ2v) is 4.23. The summed E-state index contributed by atoms with van der Waals surface area (Å²) in [6.07, 6.45) is 6.26. The summed E-state index contributed by atoms with van der Waals surface area (Å²) in [4.78, 5) is 14.2. The topological polar surface area (TPSA) is 59.2 Å². The van der Waals surface area contributed by atoms with Crippen LogP contribution in [0.3, 0.4) is 0 Å². The van der Waals surface area contributed by atoms with Crippen molar-refractivity contribution < 1.29 is 4.39 Å². The first-order chi connectivity index (χ1) is 9.15. The second-order valence-electron chi connectivity index (χ2n) is 4.23. The Hall–Kier alpha value is -2.57. The molecule has 3 heterocycles. The Bertz CT molecular complexity index is 703. The Labute approximate surface area is 108 Å². The fourth-order valence-electron chi connectivity index (χ4n) is 1.75. The van der Waals surface area contributed by atoms with Gasteiger partial charge < -0.3 is 4.90 Å². The van der Waals surface area contributed by atoms with Crippen molar-refractivity contribution in [3.63, 3.8) is 0 Å². The minimum absolute atomic E-state index is 0.340. The van der Waals surface area contributed by atoms with Gasteiger partial charge in [0.1, 0.15) is 11.5 Å². The van der Waals surface area contributed by atoms with Crippen molar-refractivity contribution in [2.45, 2.75) is 0 Å². The highest BCUT2D eigenvalue weighted by Gasteiger charge is 2.11. The number of hydrogen-bond donors (Lipinski definition) is 0. The highest BCUT2D eigenvalue weighted by molar-refractivity contribution is 5.59. The minimum Gasteiger partial charge on any atom is -0.374 e. The van der Waals surface area contributed by atoms with Crippen LogP contribution in [0.25, 0.3) is 17.2 Å². The molecule has 3 aromatic heterocycles. The lowest BCUT2D eigenvalue weighted by Gasteiger charge is -2.12. The van der Waals surface area contributed by atoms with Gasteiger partial charge in [-0.05, 0) is 0 Å². The van der Waals surface area contributed by atoms with E-state index >= 15 is 0 Å². The molecule has 0 aliphatic heterocycles. The smallest absolute Gasteiger partial charge is 0.251 e. The first-order valence-corrected chi connectivity index (χ1v) is 5.65. The first-order valence-electron chi connectivity index (χ1n) is 5.65. The van der Waals surface area contributed by atoms with Crippen molar-refractivity contribution in [3.8, 4) is 11.4 Å². The van der Waals surface area contributed by atoms with Gasteiger partial charge in [0.15, 0.2) is 0 Å². The largest absolute Gasteiger partial charge is 0.374 e. The van der Waals surface area contributed by atoms with E-state index in [-0.39, 0.29) is 5.82 Å². The highest BCUT2D eigenvalue weighted by Crippen LogP contribution is 2.22. The van der Waals surface area contributed by atoms with Crippen molar-refractivity contribution >= 4 is 11.5 Å². The van der Waals surface area contributed by atoms with Crippen LogP contribution in [0.5, 0.6) is 0 Å². The Morgan fingerprint density at radius 1 is 1.16 bits per heavy atom. The van der Waals surface area contributed by atoms with Crippen LogP contribution in [0.15, 0.2) is 30.9 Å². The molecule has 0 saturated heterocycles. The number of fused-ring (bicyclic) bond motifs is 1. The molecule has 0 N–H and O–H groups in total. The predicted octanol–water partition coefficient (Wildman–Crippen LogP) is 1.39. The Balaban J connectivity index is 2.09. The van der Waals surface area contributed by atoms with Crippen LogP contribution in [0.2, 0.25) is 0 Å². The molecule has 0 aliphatic carbocycles. The maximum Gasteiger partial charge on any atom is 0.251 e. The summed E-state index contributed by atoms with van der Waals surface area (Å²) in [5, 5.41) is 4.06. The lowest BCUT2D eigenvalue weighted by molar-refractivity contribution is 0.624. The number of hydrogen-bond acceptors (Lipinski definition) is 5. The molecule has 0 aliphatic rings. The van der Waals surface area contributed by atoms with Crippen molar-refractivity contribution in [2.75, 3.05) is 19.0 Å². The zero-order valence-electron chi connectivity index (χ0n) is 10.4. The zero-order chi connectivity index (χ0) is 13.4. The Kier molecular flexibility index (Phi) is 2.59. The van der Waals surface area contributed by atoms with Crippen LogP contribution in [0, 0.1) is 5.82 Å². The number of aromatic nitrogens is 5. The van der Waals surface area contributed by atoms with Gasteiger partial charge in [-0.25, -0.2) is 18.9 Å². The summed E-state index contributed by atoms with van der Waals surface area (Å²) < 4.78 is 15.4. The van der Waals surface area contributed by atoms with E-state index in [1.54, 1.807) is 37.6 Å². The van der Waals surface area contributed by atoms with Gasteiger partial charge in [0.2, 0.25) is 0 Å². The van der Waals surface area contributed by atoms with Crippen LogP contribution < -0.4 is 4.90 Å². The molecule has 3 rings (SSSR count). The fraction of sp³-hybridized carbons (Fsp3) is 0.167. The zero-order valence-corrected chi connectivity index (χ0v) is 10.4. The number of rotatable bonds is 2.